The smallest absolute Gasteiger partial charge is 0.292 e. The standard InChI is InChI=1S/C16H14N4OS/c1-11-4-5-17-9-14(11)20-7-6-19(16(20)21)12-2-3-13-15(8-12)22-10-18-13/h2-5,8-10H,6-7H2,1H3. The molecule has 0 spiro atoms. The molecule has 0 radical (unpaired) electrons. The van der Waals surface area contributed by atoms with Gasteiger partial charge in [0.2, 0.25) is 0 Å². The average Bonchev–Trinajstić information content (AvgIpc) is 3.13. The van der Waals surface area contributed by atoms with Gasteiger partial charge in [0, 0.05) is 25.0 Å². The Kier molecular flexibility index (Phi) is 3.04. The molecule has 0 atom stereocenters. The molecular formula is C16H14N4OS. The van der Waals surface area contributed by atoms with E-state index in [1.165, 1.54) is 0 Å². The molecule has 5 nitrogen and oxygen atoms in total. The second-order valence-corrected chi connectivity index (χ2v) is 6.14. The zero-order valence-corrected chi connectivity index (χ0v) is 12.9. The Morgan fingerprint density at radius 3 is 2.91 bits per heavy atom. The van der Waals surface area contributed by atoms with Crippen molar-refractivity contribution in [2.24, 2.45) is 0 Å². The Hall–Kier alpha value is -2.47. The first-order valence-electron chi connectivity index (χ1n) is 7.07. The SMILES string of the molecule is Cc1ccncc1N1CCN(c2ccc3ncsc3c2)C1=O. The molecule has 1 saturated heterocycles. The summed E-state index contributed by atoms with van der Waals surface area (Å²) in [6, 6.07) is 7.88. The number of urea groups is 1. The zero-order valence-electron chi connectivity index (χ0n) is 12.1. The van der Waals surface area contributed by atoms with E-state index in [0.29, 0.717) is 13.1 Å². The van der Waals surface area contributed by atoms with Crippen LogP contribution in [0.15, 0.2) is 42.2 Å². The summed E-state index contributed by atoms with van der Waals surface area (Å²) in [5, 5.41) is 0. The second-order valence-electron chi connectivity index (χ2n) is 5.25. The van der Waals surface area contributed by atoms with Gasteiger partial charge in [0.25, 0.3) is 0 Å². The summed E-state index contributed by atoms with van der Waals surface area (Å²) in [5.41, 5.74) is 5.66. The van der Waals surface area contributed by atoms with Crippen LogP contribution in [0.2, 0.25) is 0 Å². The molecule has 1 aromatic carbocycles. The quantitative estimate of drug-likeness (QED) is 0.728. The lowest BCUT2D eigenvalue weighted by Crippen LogP contribution is -2.32. The van der Waals surface area contributed by atoms with E-state index in [1.807, 2.05) is 41.6 Å². The molecule has 0 bridgehead atoms. The Balaban J connectivity index is 1.67. The molecule has 1 aliphatic rings. The average molecular weight is 310 g/mol. The van der Waals surface area contributed by atoms with Crippen LogP contribution in [0.25, 0.3) is 10.2 Å². The normalized spacial score (nSPS) is 15.0. The Labute approximate surface area is 131 Å². The van der Waals surface area contributed by atoms with Crippen molar-refractivity contribution < 1.29 is 4.79 Å². The molecule has 22 heavy (non-hydrogen) atoms. The number of hydrogen-bond acceptors (Lipinski definition) is 4. The second kappa shape index (κ2) is 5.06. The van der Waals surface area contributed by atoms with Gasteiger partial charge in [-0.3, -0.25) is 14.8 Å². The highest BCUT2D eigenvalue weighted by atomic mass is 32.1. The van der Waals surface area contributed by atoms with E-state index in [4.69, 9.17) is 0 Å². The van der Waals surface area contributed by atoms with Gasteiger partial charge >= 0.3 is 6.03 Å². The maximum absolute atomic E-state index is 12.7. The van der Waals surface area contributed by atoms with Gasteiger partial charge in [0.05, 0.1) is 27.6 Å². The zero-order chi connectivity index (χ0) is 15.1. The fraction of sp³-hybridized carbons (Fsp3) is 0.188. The Bertz CT molecular complexity index is 860. The number of benzene rings is 1. The highest BCUT2D eigenvalue weighted by Gasteiger charge is 2.31. The van der Waals surface area contributed by atoms with Gasteiger partial charge in [-0.1, -0.05) is 0 Å². The van der Waals surface area contributed by atoms with Crippen molar-refractivity contribution in [2.45, 2.75) is 6.92 Å². The van der Waals surface area contributed by atoms with E-state index in [0.717, 1.165) is 27.2 Å². The molecule has 3 heterocycles. The molecule has 0 saturated carbocycles. The van der Waals surface area contributed by atoms with Crippen LogP contribution in [-0.2, 0) is 0 Å². The fourth-order valence-corrected chi connectivity index (χ4v) is 3.46. The molecule has 2 aromatic heterocycles. The number of aryl methyl sites for hydroxylation is 1. The molecule has 2 amide bonds. The topological polar surface area (TPSA) is 49.3 Å². The third-order valence-corrected chi connectivity index (χ3v) is 4.73. The van der Waals surface area contributed by atoms with E-state index in [1.54, 1.807) is 28.6 Å². The Morgan fingerprint density at radius 1 is 1.18 bits per heavy atom. The van der Waals surface area contributed by atoms with Gasteiger partial charge in [-0.15, -0.1) is 11.3 Å². The van der Waals surface area contributed by atoms with Crippen molar-refractivity contribution in [1.29, 1.82) is 0 Å². The van der Waals surface area contributed by atoms with Gasteiger partial charge in [0.15, 0.2) is 0 Å². The van der Waals surface area contributed by atoms with Gasteiger partial charge in [0.1, 0.15) is 0 Å². The van der Waals surface area contributed by atoms with Crippen molar-refractivity contribution in [3.05, 3.63) is 47.7 Å². The van der Waals surface area contributed by atoms with Crippen molar-refractivity contribution in [2.75, 3.05) is 22.9 Å². The van der Waals surface area contributed by atoms with E-state index < -0.39 is 0 Å². The first kappa shape index (κ1) is 13.2. The number of pyridine rings is 1. The van der Waals surface area contributed by atoms with Crippen LogP contribution in [0.5, 0.6) is 0 Å². The molecule has 1 fully saturated rings. The summed E-state index contributed by atoms with van der Waals surface area (Å²) in [6.07, 6.45) is 3.50. The number of fused-ring (bicyclic) bond motifs is 1. The number of anilines is 2. The molecule has 0 aliphatic carbocycles. The van der Waals surface area contributed by atoms with Crippen molar-refractivity contribution in [3.63, 3.8) is 0 Å². The van der Waals surface area contributed by atoms with Crippen LogP contribution < -0.4 is 9.80 Å². The third kappa shape index (κ3) is 2.03. The summed E-state index contributed by atoms with van der Waals surface area (Å²) < 4.78 is 1.10. The molecule has 3 aromatic rings. The maximum atomic E-state index is 12.7. The molecule has 6 heteroatoms. The lowest BCUT2D eigenvalue weighted by molar-refractivity contribution is 0.256. The molecular weight excluding hydrogens is 296 g/mol. The predicted octanol–water partition coefficient (Wildman–Crippen LogP) is 3.45. The number of aromatic nitrogens is 2. The van der Waals surface area contributed by atoms with Crippen LogP contribution in [0.3, 0.4) is 0 Å². The van der Waals surface area contributed by atoms with Gasteiger partial charge < -0.3 is 0 Å². The summed E-state index contributed by atoms with van der Waals surface area (Å²) in [5.74, 6) is 0. The minimum Gasteiger partial charge on any atom is -0.292 e. The molecule has 0 N–H and O–H groups in total. The molecule has 110 valence electrons. The van der Waals surface area contributed by atoms with Gasteiger partial charge in [-0.25, -0.2) is 9.78 Å². The maximum Gasteiger partial charge on any atom is 0.329 e. The van der Waals surface area contributed by atoms with Crippen molar-refractivity contribution in [3.8, 4) is 0 Å². The first-order valence-corrected chi connectivity index (χ1v) is 7.95. The monoisotopic (exact) mass is 310 g/mol. The predicted molar refractivity (Wildman–Crippen MR) is 88.7 cm³/mol. The summed E-state index contributed by atoms with van der Waals surface area (Å²) in [7, 11) is 0. The minimum absolute atomic E-state index is 0.0000321. The summed E-state index contributed by atoms with van der Waals surface area (Å²) in [4.78, 5) is 24.8. The van der Waals surface area contributed by atoms with E-state index in [2.05, 4.69) is 9.97 Å². The van der Waals surface area contributed by atoms with Crippen LogP contribution >= 0.6 is 11.3 Å². The number of hydrogen-bond donors (Lipinski definition) is 0. The van der Waals surface area contributed by atoms with E-state index in [-0.39, 0.29) is 6.03 Å². The number of carbonyl (C=O) groups excluding carboxylic acids is 1. The van der Waals surface area contributed by atoms with Crippen LogP contribution in [0.4, 0.5) is 16.2 Å². The highest BCUT2D eigenvalue weighted by Crippen LogP contribution is 2.29. The summed E-state index contributed by atoms with van der Waals surface area (Å²) in [6.45, 7) is 3.35. The largest absolute Gasteiger partial charge is 0.329 e. The number of amides is 2. The lowest BCUT2D eigenvalue weighted by atomic mass is 10.2. The molecule has 0 unspecified atom stereocenters. The van der Waals surface area contributed by atoms with Crippen LogP contribution in [0.1, 0.15) is 5.56 Å². The first-order chi connectivity index (χ1) is 10.7. The minimum atomic E-state index is -0.0000321. The third-order valence-electron chi connectivity index (χ3n) is 3.94. The van der Waals surface area contributed by atoms with Crippen molar-refractivity contribution in [1.82, 2.24) is 9.97 Å². The number of carbonyl (C=O) groups is 1. The van der Waals surface area contributed by atoms with Crippen LogP contribution in [-0.4, -0.2) is 29.1 Å². The number of nitrogens with zero attached hydrogens (tertiary/aromatic N) is 4. The van der Waals surface area contributed by atoms with E-state index >= 15 is 0 Å². The van der Waals surface area contributed by atoms with Crippen molar-refractivity contribution >= 4 is 39.0 Å². The summed E-state index contributed by atoms with van der Waals surface area (Å²) >= 11 is 1.59. The van der Waals surface area contributed by atoms with Crippen LogP contribution in [0, 0.1) is 6.92 Å². The number of thiazole rings is 1. The number of rotatable bonds is 2. The van der Waals surface area contributed by atoms with Gasteiger partial charge in [-0.2, -0.15) is 0 Å². The molecule has 1 aliphatic heterocycles. The van der Waals surface area contributed by atoms with Gasteiger partial charge in [-0.05, 0) is 36.8 Å². The lowest BCUT2D eigenvalue weighted by Gasteiger charge is -2.19. The molecule has 4 rings (SSSR count). The Morgan fingerprint density at radius 2 is 2.05 bits per heavy atom. The van der Waals surface area contributed by atoms with E-state index in [9.17, 15) is 4.79 Å². The highest BCUT2D eigenvalue weighted by molar-refractivity contribution is 7.16. The fourth-order valence-electron chi connectivity index (χ4n) is 2.75.